The minimum Gasteiger partial charge on any atom is -0.483 e. The summed E-state index contributed by atoms with van der Waals surface area (Å²) in [5.41, 5.74) is 2.76. The molecular formula is C17H18ClNO2. The molecule has 0 aliphatic rings. The van der Waals surface area contributed by atoms with Crippen LogP contribution in [0, 0.1) is 6.92 Å². The highest BCUT2D eigenvalue weighted by molar-refractivity contribution is 6.31. The molecule has 21 heavy (non-hydrogen) atoms. The van der Waals surface area contributed by atoms with Gasteiger partial charge in [0.1, 0.15) is 5.75 Å². The molecule has 3 nitrogen and oxygen atoms in total. The molecule has 0 bridgehead atoms. The number of hydrogen-bond donors (Lipinski definition) is 1. The van der Waals surface area contributed by atoms with Crippen LogP contribution in [0.15, 0.2) is 42.5 Å². The van der Waals surface area contributed by atoms with E-state index in [9.17, 15) is 4.79 Å². The number of carbonyl (C=O) groups is 1. The molecule has 1 N–H and O–H groups in total. The van der Waals surface area contributed by atoms with Gasteiger partial charge in [0.25, 0.3) is 5.91 Å². The molecule has 0 spiro atoms. The van der Waals surface area contributed by atoms with Crippen LogP contribution in [-0.4, -0.2) is 12.5 Å². The number of anilines is 1. The molecule has 0 unspecified atom stereocenters. The topological polar surface area (TPSA) is 38.3 Å². The molecule has 0 saturated carbocycles. The predicted molar refractivity (Wildman–Crippen MR) is 86.1 cm³/mol. The zero-order valence-electron chi connectivity index (χ0n) is 12.2. The largest absolute Gasteiger partial charge is 0.483 e. The van der Waals surface area contributed by atoms with Crippen LogP contribution in [0.25, 0.3) is 0 Å². The van der Waals surface area contributed by atoms with E-state index in [1.807, 2.05) is 37.3 Å². The maximum atomic E-state index is 12.0. The lowest BCUT2D eigenvalue weighted by Gasteiger charge is -2.12. The summed E-state index contributed by atoms with van der Waals surface area (Å²) in [4.78, 5) is 12.0. The zero-order valence-corrected chi connectivity index (χ0v) is 12.9. The lowest BCUT2D eigenvalue weighted by Crippen LogP contribution is -2.21. The number of benzene rings is 2. The maximum Gasteiger partial charge on any atom is 0.262 e. The molecule has 2 aromatic rings. The second kappa shape index (κ2) is 7.14. The van der Waals surface area contributed by atoms with Gasteiger partial charge in [0.05, 0.1) is 0 Å². The zero-order chi connectivity index (χ0) is 15.2. The highest BCUT2D eigenvalue weighted by Gasteiger charge is 2.08. The average Bonchev–Trinajstić information content (AvgIpc) is 2.49. The summed E-state index contributed by atoms with van der Waals surface area (Å²) in [6.07, 6.45) is 0.866. The minimum absolute atomic E-state index is 0.0248. The number of ether oxygens (including phenoxy) is 1. The normalized spacial score (nSPS) is 10.2. The van der Waals surface area contributed by atoms with Crippen molar-refractivity contribution in [3.05, 3.63) is 58.6 Å². The molecule has 0 fully saturated rings. The van der Waals surface area contributed by atoms with Crippen molar-refractivity contribution in [1.29, 1.82) is 0 Å². The number of carbonyl (C=O) groups excluding carboxylic acids is 1. The summed E-state index contributed by atoms with van der Waals surface area (Å²) < 4.78 is 5.59. The second-order valence-electron chi connectivity index (χ2n) is 4.76. The highest BCUT2D eigenvalue weighted by atomic mass is 35.5. The Hall–Kier alpha value is -2.00. The number of aryl methyl sites for hydroxylation is 2. The van der Waals surface area contributed by atoms with Gasteiger partial charge in [-0.3, -0.25) is 4.79 Å². The quantitative estimate of drug-likeness (QED) is 0.897. The van der Waals surface area contributed by atoms with Gasteiger partial charge in [0.15, 0.2) is 6.61 Å². The van der Waals surface area contributed by atoms with E-state index >= 15 is 0 Å². The van der Waals surface area contributed by atoms with Gasteiger partial charge in [0, 0.05) is 10.7 Å². The minimum atomic E-state index is -0.203. The molecule has 0 aromatic heterocycles. The van der Waals surface area contributed by atoms with Crippen molar-refractivity contribution in [2.24, 2.45) is 0 Å². The number of rotatable bonds is 5. The lowest BCUT2D eigenvalue weighted by molar-refractivity contribution is -0.118. The van der Waals surface area contributed by atoms with Crippen molar-refractivity contribution < 1.29 is 9.53 Å². The Bertz CT molecular complexity index is 640. The molecule has 110 valence electrons. The van der Waals surface area contributed by atoms with E-state index in [0.29, 0.717) is 10.7 Å². The fraction of sp³-hybridized carbons (Fsp3) is 0.235. The molecule has 0 saturated heterocycles. The third kappa shape index (κ3) is 4.23. The number of nitrogens with one attached hydrogen (secondary N) is 1. The summed E-state index contributed by atoms with van der Waals surface area (Å²) in [5, 5.41) is 3.40. The highest BCUT2D eigenvalue weighted by Crippen LogP contribution is 2.21. The summed E-state index contributed by atoms with van der Waals surface area (Å²) in [6.45, 7) is 3.94. The Labute approximate surface area is 129 Å². The number of para-hydroxylation sites is 1. The average molecular weight is 304 g/mol. The third-order valence-electron chi connectivity index (χ3n) is 3.19. The summed E-state index contributed by atoms with van der Waals surface area (Å²) in [7, 11) is 0. The first-order valence-electron chi connectivity index (χ1n) is 6.87. The van der Waals surface area contributed by atoms with Gasteiger partial charge in [-0.2, -0.15) is 0 Å². The third-order valence-corrected chi connectivity index (χ3v) is 3.42. The summed E-state index contributed by atoms with van der Waals surface area (Å²) in [5.74, 6) is 0.546. The fourth-order valence-corrected chi connectivity index (χ4v) is 2.17. The SMILES string of the molecule is CCc1ccccc1OCC(=O)Nc1cc(Cl)ccc1C. The lowest BCUT2D eigenvalue weighted by atomic mass is 10.1. The number of hydrogen-bond acceptors (Lipinski definition) is 2. The van der Waals surface area contributed by atoms with Crippen molar-refractivity contribution in [2.45, 2.75) is 20.3 Å². The first-order chi connectivity index (χ1) is 10.1. The van der Waals surface area contributed by atoms with Crippen LogP contribution in [0.2, 0.25) is 5.02 Å². The molecule has 2 aromatic carbocycles. The van der Waals surface area contributed by atoms with Crippen molar-refractivity contribution in [3.8, 4) is 5.75 Å². The van der Waals surface area contributed by atoms with Gasteiger partial charge in [-0.25, -0.2) is 0 Å². The van der Waals surface area contributed by atoms with E-state index < -0.39 is 0 Å². The second-order valence-corrected chi connectivity index (χ2v) is 5.19. The first kappa shape index (κ1) is 15.4. The first-order valence-corrected chi connectivity index (χ1v) is 7.24. The Balaban J connectivity index is 1.97. The molecule has 0 aliphatic carbocycles. The molecular weight excluding hydrogens is 286 g/mol. The van der Waals surface area contributed by atoms with E-state index in [1.165, 1.54) is 0 Å². The van der Waals surface area contributed by atoms with E-state index in [2.05, 4.69) is 12.2 Å². The maximum absolute atomic E-state index is 12.0. The Morgan fingerprint density at radius 2 is 2.00 bits per heavy atom. The molecule has 2 rings (SSSR count). The predicted octanol–water partition coefficient (Wildman–Crippen LogP) is 4.23. The van der Waals surface area contributed by atoms with E-state index in [0.717, 1.165) is 23.3 Å². The van der Waals surface area contributed by atoms with Crippen LogP contribution in [0.5, 0.6) is 5.75 Å². The van der Waals surface area contributed by atoms with Gasteiger partial charge >= 0.3 is 0 Å². The molecule has 0 radical (unpaired) electrons. The fourth-order valence-electron chi connectivity index (χ4n) is 2.00. The van der Waals surface area contributed by atoms with Gasteiger partial charge in [-0.1, -0.05) is 42.8 Å². The Morgan fingerprint density at radius 1 is 1.24 bits per heavy atom. The standard InChI is InChI=1S/C17H18ClNO2/c1-3-13-6-4-5-7-16(13)21-11-17(20)19-15-10-14(18)9-8-12(15)2/h4-10H,3,11H2,1-2H3,(H,19,20). The van der Waals surface area contributed by atoms with E-state index in [-0.39, 0.29) is 12.5 Å². The van der Waals surface area contributed by atoms with Crippen LogP contribution in [0.3, 0.4) is 0 Å². The van der Waals surface area contributed by atoms with Crippen LogP contribution in [0.1, 0.15) is 18.1 Å². The smallest absolute Gasteiger partial charge is 0.262 e. The van der Waals surface area contributed by atoms with Gasteiger partial charge < -0.3 is 10.1 Å². The van der Waals surface area contributed by atoms with Crippen LogP contribution in [0.4, 0.5) is 5.69 Å². The van der Waals surface area contributed by atoms with Crippen LogP contribution < -0.4 is 10.1 Å². The summed E-state index contributed by atoms with van der Waals surface area (Å²) in [6, 6.07) is 13.1. The van der Waals surface area contributed by atoms with Crippen molar-refractivity contribution in [3.63, 3.8) is 0 Å². The van der Waals surface area contributed by atoms with Gasteiger partial charge in [-0.05, 0) is 42.7 Å². The van der Waals surface area contributed by atoms with E-state index in [4.69, 9.17) is 16.3 Å². The van der Waals surface area contributed by atoms with Crippen LogP contribution >= 0.6 is 11.6 Å². The van der Waals surface area contributed by atoms with Crippen LogP contribution in [-0.2, 0) is 11.2 Å². The molecule has 0 heterocycles. The number of halogens is 1. The molecule has 1 amide bonds. The number of amides is 1. The monoisotopic (exact) mass is 303 g/mol. The van der Waals surface area contributed by atoms with Crippen molar-refractivity contribution in [2.75, 3.05) is 11.9 Å². The summed E-state index contributed by atoms with van der Waals surface area (Å²) >= 11 is 5.93. The van der Waals surface area contributed by atoms with Crippen molar-refractivity contribution in [1.82, 2.24) is 0 Å². The Morgan fingerprint density at radius 3 is 2.76 bits per heavy atom. The van der Waals surface area contributed by atoms with Gasteiger partial charge in [0.2, 0.25) is 0 Å². The molecule has 0 atom stereocenters. The Kier molecular flexibility index (Phi) is 5.23. The van der Waals surface area contributed by atoms with E-state index in [1.54, 1.807) is 12.1 Å². The van der Waals surface area contributed by atoms with Gasteiger partial charge in [-0.15, -0.1) is 0 Å². The molecule has 0 aliphatic heterocycles. The molecule has 4 heteroatoms. The van der Waals surface area contributed by atoms with Crippen molar-refractivity contribution >= 4 is 23.2 Å².